The number of hydrogen-bond donors (Lipinski definition) is 1. The smallest absolute Gasteiger partial charge is 0.316 e. The molecular weight excluding hydrogens is 280 g/mol. The largest absolute Gasteiger partial charge is 0.460 e. The Morgan fingerprint density at radius 1 is 1.20 bits per heavy atom. The highest BCUT2D eigenvalue weighted by atomic mass is 32.2. The van der Waals surface area contributed by atoms with E-state index in [1.165, 1.54) is 18.4 Å². The molecule has 1 saturated carbocycles. The van der Waals surface area contributed by atoms with E-state index in [1.54, 1.807) is 18.5 Å². The fourth-order valence-electron chi connectivity index (χ4n) is 2.11. The molecule has 1 N–H and O–H groups in total. The van der Waals surface area contributed by atoms with Crippen LogP contribution in [-0.4, -0.2) is 48.9 Å². The maximum absolute atomic E-state index is 11.7. The Morgan fingerprint density at radius 2 is 1.80 bits per heavy atom. The van der Waals surface area contributed by atoms with Gasteiger partial charge in [-0.15, -0.1) is 0 Å². The molecule has 1 aromatic heterocycles. The van der Waals surface area contributed by atoms with E-state index in [4.69, 9.17) is 4.74 Å². The van der Waals surface area contributed by atoms with Crippen LogP contribution in [0, 0.1) is 0 Å². The highest BCUT2D eigenvalue weighted by Crippen LogP contribution is 2.22. The van der Waals surface area contributed by atoms with Gasteiger partial charge in [0, 0.05) is 32.5 Å². The van der Waals surface area contributed by atoms with Crippen LogP contribution in [0.15, 0.2) is 18.5 Å². The first-order valence-corrected chi connectivity index (χ1v) is 8.05. The van der Waals surface area contributed by atoms with Crippen LogP contribution in [0.5, 0.6) is 6.01 Å². The molecule has 1 heterocycles. The lowest BCUT2D eigenvalue weighted by Gasteiger charge is -2.29. The van der Waals surface area contributed by atoms with Gasteiger partial charge in [0.15, 0.2) is 0 Å². The Bertz CT molecular complexity index is 513. The molecule has 0 bridgehead atoms. The number of nitrogens with zero attached hydrogens (tertiary/aromatic N) is 3. The summed E-state index contributed by atoms with van der Waals surface area (Å²) in [6.45, 7) is 0. The second-order valence-electron chi connectivity index (χ2n) is 5.03. The van der Waals surface area contributed by atoms with Crippen LogP contribution in [0.2, 0.25) is 0 Å². The van der Waals surface area contributed by atoms with Gasteiger partial charge in [-0.1, -0.05) is 0 Å². The summed E-state index contributed by atoms with van der Waals surface area (Å²) in [6, 6.07) is 2.09. The second-order valence-corrected chi connectivity index (χ2v) is 6.94. The van der Waals surface area contributed by atoms with Gasteiger partial charge < -0.3 is 4.74 Å². The third-order valence-electron chi connectivity index (χ3n) is 3.28. The maximum Gasteiger partial charge on any atom is 0.316 e. The first-order chi connectivity index (χ1) is 9.47. The molecule has 0 spiro atoms. The van der Waals surface area contributed by atoms with E-state index >= 15 is 0 Å². The molecule has 1 aromatic rings. The van der Waals surface area contributed by atoms with Gasteiger partial charge >= 0.3 is 6.01 Å². The number of nitrogens with one attached hydrogen (secondary N) is 1. The lowest BCUT2D eigenvalue weighted by atomic mass is 9.94. The van der Waals surface area contributed by atoms with Gasteiger partial charge in [-0.25, -0.2) is 9.97 Å². The predicted molar refractivity (Wildman–Crippen MR) is 74.4 cm³/mol. The molecule has 8 heteroatoms. The summed E-state index contributed by atoms with van der Waals surface area (Å²) in [5.41, 5.74) is 0. The van der Waals surface area contributed by atoms with Crippen LogP contribution in [-0.2, 0) is 10.2 Å². The van der Waals surface area contributed by atoms with Crippen molar-refractivity contribution in [2.45, 2.75) is 37.8 Å². The normalized spacial score (nSPS) is 23.8. The van der Waals surface area contributed by atoms with Gasteiger partial charge in [0.25, 0.3) is 10.2 Å². The molecule has 1 fully saturated rings. The van der Waals surface area contributed by atoms with Crippen LogP contribution in [0.4, 0.5) is 0 Å². The fourth-order valence-corrected chi connectivity index (χ4v) is 2.98. The van der Waals surface area contributed by atoms with Crippen molar-refractivity contribution in [2.75, 3.05) is 14.1 Å². The van der Waals surface area contributed by atoms with Crippen molar-refractivity contribution in [3.8, 4) is 6.01 Å². The minimum atomic E-state index is -3.36. The lowest BCUT2D eigenvalue weighted by molar-refractivity contribution is 0.132. The van der Waals surface area contributed by atoms with E-state index in [-0.39, 0.29) is 12.1 Å². The van der Waals surface area contributed by atoms with Crippen molar-refractivity contribution in [3.63, 3.8) is 0 Å². The summed E-state index contributed by atoms with van der Waals surface area (Å²) in [5.74, 6) is 0. The van der Waals surface area contributed by atoms with Crippen molar-refractivity contribution < 1.29 is 13.2 Å². The maximum atomic E-state index is 11.7. The minimum Gasteiger partial charge on any atom is -0.460 e. The van der Waals surface area contributed by atoms with Crippen molar-refractivity contribution in [3.05, 3.63) is 18.5 Å². The summed E-state index contributed by atoms with van der Waals surface area (Å²) >= 11 is 0. The van der Waals surface area contributed by atoms with Crippen LogP contribution in [0.3, 0.4) is 0 Å². The van der Waals surface area contributed by atoms with Crippen molar-refractivity contribution >= 4 is 10.2 Å². The molecule has 20 heavy (non-hydrogen) atoms. The highest BCUT2D eigenvalue weighted by molar-refractivity contribution is 7.87. The first-order valence-electron chi connectivity index (χ1n) is 6.61. The Hall–Kier alpha value is -1.25. The topological polar surface area (TPSA) is 84.4 Å². The summed E-state index contributed by atoms with van der Waals surface area (Å²) in [5, 5.41) is 0. The summed E-state index contributed by atoms with van der Waals surface area (Å²) in [4.78, 5) is 8.05. The third kappa shape index (κ3) is 4.12. The van der Waals surface area contributed by atoms with Crippen LogP contribution < -0.4 is 9.46 Å². The van der Waals surface area contributed by atoms with E-state index in [1.807, 2.05) is 0 Å². The molecule has 2 rings (SSSR count). The Morgan fingerprint density at radius 3 is 2.35 bits per heavy atom. The van der Waals surface area contributed by atoms with Crippen molar-refractivity contribution in [1.82, 2.24) is 19.0 Å². The number of hydrogen-bond acceptors (Lipinski definition) is 5. The van der Waals surface area contributed by atoms with Gasteiger partial charge in [0.2, 0.25) is 0 Å². The van der Waals surface area contributed by atoms with E-state index in [0.29, 0.717) is 6.01 Å². The van der Waals surface area contributed by atoms with Crippen LogP contribution in [0.1, 0.15) is 25.7 Å². The average Bonchev–Trinajstić information content (AvgIpc) is 2.42. The van der Waals surface area contributed by atoms with Crippen molar-refractivity contribution in [1.29, 1.82) is 0 Å². The SMILES string of the molecule is CN(C)S(=O)(=O)NC1CCC(Oc2ncccn2)CC1. The number of ether oxygens (including phenoxy) is 1. The van der Waals surface area contributed by atoms with Gasteiger partial charge in [-0.3, -0.25) is 0 Å². The van der Waals surface area contributed by atoms with E-state index in [2.05, 4.69) is 14.7 Å². The molecule has 0 atom stereocenters. The monoisotopic (exact) mass is 300 g/mol. The minimum absolute atomic E-state index is 0.0288. The summed E-state index contributed by atoms with van der Waals surface area (Å²) in [7, 11) is -0.321. The summed E-state index contributed by atoms with van der Waals surface area (Å²) in [6.07, 6.45) is 6.42. The van der Waals surface area contributed by atoms with E-state index in [0.717, 1.165) is 25.7 Å². The number of aromatic nitrogens is 2. The molecule has 1 aliphatic carbocycles. The molecule has 0 saturated heterocycles. The zero-order valence-electron chi connectivity index (χ0n) is 11.7. The molecule has 1 aliphatic rings. The Balaban J connectivity index is 1.81. The van der Waals surface area contributed by atoms with Gasteiger partial charge in [0.1, 0.15) is 6.10 Å². The highest BCUT2D eigenvalue weighted by Gasteiger charge is 2.26. The van der Waals surface area contributed by atoms with Gasteiger partial charge in [0.05, 0.1) is 0 Å². The molecule has 112 valence electrons. The molecule has 0 aromatic carbocycles. The Kier molecular flexibility index (Phi) is 4.90. The molecule has 7 nitrogen and oxygen atoms in total. The summed E-state index contributed by atoms with van der Waals surface area (Å²) < 4.78 is 33.0. The van der Waals surface area contributed by atoms with Crippen molar-refractivity contribution in [2.24, 2.45) is 0 Å². The molecule has 0 amide bonds. The second kappa shape index (κ2) is 6.47. The average molecular weight is 300 g/mol. The molecule has 0 unspecified atom stereocenters. The zero-order chi connectivity index (χ0) is 14.6. The van der Waals surface area contributed by atoms with E-state index < -0.39 is 10.2 Å². The zero-order valence-corrected chi connectivity index (χ0v) is 12.5. The molecule has 0 radical (unpaired) electrons. The van der Waals surface area contributed by atoms with Crippen LogP contribution in [0.25, 0.3) is 0 Å². The molecule has 0 aliphatic heterocycles. The standard InChI is InChI=1S/C12H20N4O3S/c1-16(2)20(17,18)15-10-4-6-11(7-5-10)19-12-13-8-3-9-14-12/h3,8-11,15H,4-7H2,1-2H3. The quantitative estimate of drug-likeness (QED) is 0.859. The Labute approximate surface area is 119 Å². The number of rotatable bonds is 5. The fraction of sp³-hybridized carbons (Fsp3) is 0.667. The molecular formula is C12H20N4O3S. The lowest BCUT2D eigenvalue weighted by Crippen LogP contribution is -2.44. The first kappa shape index (κ1) is 15.1. The van der Waals surface area contributed by atoms with Gasteiger partial charge in [-0.05, 0) is 31.7 Å². The third-order valence-corrected chi connectivity index (χ3v) is 4.88. The predicted octanol–water partition coefficient (Wildman–Crippen LogP) is 0.563. The van der Waals surface area contributed by atoms with Gasteiger partial charge in [-0.2, -0.15) is 17.4 Å². The van der Waals surface area contributed by atoms with Crippen LogP contribution >= 0.6 is 0 Å². The van der Waals surface area contributed by atoms with E-state index in [9.17, 15) is 8.42 Å².